The van der Waals surface area contributed by atoms with Gasteiger partial charge in [-0.1, -0.05) is 0 Å². The molecule has 0 aromatic rings. The number of hydrogen-bond donors (Lipinski definition) is 4. The third kappa shape index (κ3) is 3.16. The van der Waals surface area contributed by atoms with Crippen LogP contribution < -0.4 is 10.6 Å². The van der Waals surface area contributed by atoms with Gasteiger partial charge in [0.1, 0.15) is 0 Å². The molecule has 2 heterocycles. The number of carboxylic acid groups (broad SMARTS) is 1. The lowest BCUT2D eigenvalue weighted by Gasteiger charge is -2.45. The lowest BCUT2D eigenvalue weighted by atomic mass is 9.86. The van der Waals surface area contributed by atoms with E-state index in [4.69, 9.17) is 9.84 Å². The quantitative estimate of drug-likeness (QED) is 0.492. The van der Waals surface area contributed by atoms with E-state index in [1.807, 2.05) is 0 Å². The molecular formula is C11H20N2O4. The predicted molar refractivity (Wildman–Crippen MR) is 60.9 cm³/mol. The van der Waals surface area contributed by atoms with Crippen LogP contribution in [0.1, 0.15) is 19.3 Å². The number of carboxylic acids is 1. The monoisotopic (exact) mass is 244 g/mol. The predicted octanol–water partition coefficient (Wildman–Crippen LogP) is -1.07. The molecule has 2 aliphatic heterocycles. The van der Waals surface area contributed by atoms with Crippen LogP contribution in [-0.2, 0) is 9.53 Å². The van der Waals surface area contributed by atoms with Gasteiger partial charge in [-0.3, -0.25) is 4.79 Å². The average Bonchev–Trinajstić information content (AvgIpc) is 2.22. The van der Waals surface area contributed by atoms with E-state index >= 15 is 0 Å². The molecule has 98 valence electrons. The second kappa shape index (κ2) is 4.89. The third-order valence-corrected chi connectivity index (χ3v) is 3.63. The van der Waals surface area contributed by atoms with Crippen molar-refractivity contribution in [3.05, 3.63) is 0 Å². The zero-order valence-electron chi connectivity index (χ0n) is 9.87. The maximum Gasteiger partial charge on any atom is 0.305 e. The summed E-state index contributed by atoms with van der Waals surface area (Å²) < 4.78 is 5.21. The Bertz CT molecular complexity index is 285. The smallest absolute Gasteiger partial charge is 0.305 e. The SMILES string of the molecule is O=C(O)CC1(NCC2(O)CCOCC2)CNC1. The topological polar surface area (TPSA) is 90.8 Å². The molecule has 2 rings (SSSR count). The van der Waals surface area contributed by atoms with E-state index in [2.05, 4.69) is 10.6 Å². The number of aliphatic carboxylic acids is 1. The van der Waals surface area contributed by atoms with Crippen molar-refractivity contribution in [1.82, 2.24) is 10.6 Å². The highest BCUT2D eigenvalue weighted by atomic mass is 16.5. The first-order chi connectivity index (χ1) is 8.04. The van der Waals surface area contributed by atoms with Crippen molar-refractivity contribution in [2.45, 2.75) is 30.4 Å². The van der Waals surface area contributed by atoms with E-state index in [1.54, 1.807) is 0 Å². The van der Waals surface area contributed by atoms with E-state index in [1.165, 1.54) is 0 Å². The summed E-state index contributed by atoms with van der Waals surface area (Å²) in [5, 5.41) is 25.4. The summed E-state index contributed by atoms with van der Waals surface area (Å²) in [6.45, 7) is 2.87. The van der Waals surface area contributed by atoms with Crippen LogP contribution in [-0.4, -0.2) is 60.2 Å². The molecule has 0 atom stereocenters. The Morgan fingerprint density at radius 2 is 2.00 bits per heavy atom. The summed E-state index contributed by atoms with van der Waals surface area (Å²) in [7, 11) is 0. The summed E-state index contributed by atoms with van der Waals surface area (Å²) in [4.78, 5) is 10.8. The summed E-state index contributed by atoms with van der Waals surface area (Å²) in [5.74, 6) is -0.807. The fraction of sp³-hybridized carbons (Fsp3) is 0.909. The molecule has 6 nitrogen and oxygen atoms in total. The number of β-amino-alcohol motifs (C(OH)–C–C–N with tert-alkyl or cyclic N) is 1. The lowest BCUT2D eigenvalue weighted by molar-refractivity contribution is -0.139. The maximum absolute atomic E-state index is 10.8. The molecule has 0 unspecified atom stereocenters. The highest BCUT2D eigenvalue weighted by Gasteiger charge is 2.41. The molecule has 0 radical (unpaired) electrons. The van der Waals surface area contributed by atoms with Gasteiger partial charge in [0.15, 0.2) is 0 Å². The fourth-order valence-electron chi connectivity index (χ4n) is 2.31. The minimum Gasteiger partial charge on any atom is -0.481 e. The van der Waals surface area contributed by atoms with Gasteiger partial charge in [-0.25, -0.2) is 0 Å². The highest BCUT2D eigenvalue weighted by molar-refractivity contribution is 5.68. The van der Waals surface area contributed by atoms with E-state index in [9.17, 15) is 9.90 Å². The molecule has 6 heteroatoms. The average molecular weight is 244 g/mol. The first-order valence-electron chi connectivity index (χ1n) is 6.01. The van der Waals surface area contributed by atoms with Crippen LogP contribution in [0.4, 0.5) is 0 Å². The van der Waals surface area contributed by atoms with Gasteiger partial charge < -0.3 is 25.6 Å². The van der Waals surface area contributed by atoms with Gasteiger partial charge in [0.2, 0.25) is 0 Å². The van der Waals surface area contributed by atoms with Crippen LogP contribution in [0.15, 0.2) is 0 Å². The Labute approximate surface area is 100 Å². The summed E-state index contributed by atoms with van der Waals surface area (Å²) in [6, 6.07) is 0. The van der Waals surface area contributed by atoms with Crippen molar-refractivity contribution in [3.63, 3.8) is 0 Å². The molecule has 0 saturated carbocycles. The van der Waals surface area contributed by atoms with Crippen molar-refractivity contribution in [2.24, 2.45) is 0 Å². The second-order valence-corrected chi connectivity index (χ2v) is 5.14. The first kappa shape index (κ1) is 12.8. The van der Waals surface area contributed by atoms with Gasteiger partial charge in [0.05, 0.1) is 17.6 Å². The molecule has 0 aromatic carbocycles. The van der Waals surface area contributed by atoms with Crippen molar-refractivity contribution in [1.29, 1.82) is 0 Å². The Balaban J connectivity index is 1.84. The van der Waals surface area contributed by atoms with Crippen LogP contribution in [0, 0.1) is 0 Å². The zero-order valence-corrected chi connectivity index (χ0v) is 9.87. The summed E-state index contributed by atoms with van der Waals surface area (Å²) in [5.41, 5.74) is -1.14. The van der Waals surface area contributed by atoms with Crippen LogP contribution in [0.5, 0.6) is 0 Å². The Hall–Kier alpha value is -0.690. The summed E-state index contributed by atoms with van der Waals surface area (Å²) >= 11 is 0. The van der Waals surface area contributed by atoms with Gasteiger partial charge in [0.25, 0.3) is 0 Å². The van der Waals surface area contributed by atoms with E-state index in [-0.39, 0.29) is 12.0 Å². The highest BCUT2D eigenvalue weighted by Crippen LogP contribution is 2.22. The number of hydrogen-bond acceptors (Lipinski definition) is 5. The number of ether oxygens (including phenoxy) is 1. The van der Waals surface area contributed by atoms with Gasteiger partial charge >= 0.3 is 5.97 Å². The van der Waals surface area contributed by atoms with Gasteiger partial charge in [-0.2, -0.15) is 0 Å². The number of nitrogens with one attached hydrogen (secondary N) is 2. The molecular weight excluding hydrogens is 224 g/mol. The maximum atomic E-state index is 10.8. The van der Waals surface area contributed by atoms with E-state index in [0.717, 1.165) is 0 Å². The molecule has 0 amide bonds. The molecule has 2 fully saturated rings. The number of aliphatic hydroxyl groups is 1. The van der Waals surface area contributed by atoms with Crippen LogP contribution in [0.2, 0.25) is 0 Å². The minimum absolute atomic E-state index is 0.0899. The van der Waals surface area contributed by atoms with Crippen LogP contribution in [0.25, 0.3) is 0 Å². The van der Waals surface area contributed by atoms with Crippen LogP contribution >= 0.6 is 0 Å². The normalized spacial score (nSPS) is 26.2. The molecule has 0 bridgehead atoms. The van der Waals surface area contributed by atoms with Gasteiger partial charge in [-0.05, 0) is 0 Å². The standard InChI is InChI=1S/C11H20N2O4/c14-9(15)5-10(6-12-7-10)13-8-11(16)1-3-17-4-2-11/h12-13,16H,1-8H2,(H,14,15). The van der Waals surface area contributed by atoms with Gasteiger partial charge in [-0.15, -0.1) is 0 Å². The van der Waals surface area contributed by atoms with Crippen molar-refractivity contribution in [2.75, 3.05) is 32.8 Å². The zero-order chi connectivity index (χ0) is 12.4. The first-order valence-corrected chi connectivity index (χ1v) is 6.01. The van der Waals surface area contributed by atoms with Crippen molar-refractivity contribution >= 4 is 5.97 Å². The number of rotatable bonds is 5. The fourth-order valence-corrected chi connectivity index (χ4v) is 2.31. The Morgan fingerprint density at radius 1 is 1.35 bits per heavy atom. The Morgan fingerprint density at radius 3 is 2.47 bits per heavy atom. The largest absolute Gasteiger partial charge is 0.481 e. The molecule has 4 N–H and O–H groups in total. The Kier molecular flexibility index (Phi) is 3.67. The molecule has 0 aliphatic carbocycles. The van der Waals surface area contributed by atoms with Gasteiger partial charge in [0, 0.05) is 45.7 Å². The molecule has 2 aliphatic rings. The van der Waals surface area contributed by atoms with E-state index < -0.39 is 11.6 Å². The molecule has 0 aromatic heterocycles. The molecule has 2 saturated heterocycles. The second-order valence-electron chi connectivity index (χ2n) is 5.14. The minimum atomic E-state index is -0.807. The molecule has 0 spiro atoms. The van der Waals surface area contributed by atoms with Crippen LogP contribution in [0.3, 0.4) is 0 Å². The molecule has 17 heavy (non-hydrogen) atoms. The summed E-state index contributed by atoms with van der Waals surface area (Å²) in [6.07, 6.45) is 1.31. The lowest BCUT2D eigenvalue weighted by Crippen LogP contribution is -2.70. The van der Waals surface area contributed by atoms with Crippen molar-refractivity contribution < 1.29 is 19.7 Å². The van der Waals surface area contributed by atoms with Crippen molar-refractivity contribution in [3.8, 4) is 0 Å². The van der Waals surface area contributed by atoms with E-state index in [0.29, 0.717) is 45.7 Å². The number of carbonyl (C=O) groups is 1. The third-order valence-electron chi connectivity index (χ3n) is 3.63.